The number of alkyl carbamates (subject to hydrolysis) is 1. The van der Waals surface area contributed by atoms with E-state index in [0.717, 1.165) is 0 Å². The molecule has 21 heteroatoms. The number of aliphatic hydroxyl groups is 6. The van der Waals surface area contributed by atoms with Crippen LogP contribution in [-0.2, 0) is 42.8 Å². The molecule has 2 fully saturated rings. The Morgan fingerprint density at radius 3 is 1.43 bits per heavy atom. The summed E-state index contributed by atoms with van der Waals surface area (Å²) < 4.78 is 31.7. The third kappa shape index (κ3) is 16.2. The summed E-state index contributed by atoms with van der Waals surface area (Å²) in [5, 5.41) is 69.9. The van der Waals surface area contributed by atoms with Crippen molar-refractivity contribution in [2.45, 2.75) is 95.1 Å². The molecule has 0 aromatic carbocycles. The van der Waals surface area contributed by atoms with Gasteiger partial charge >= 0.3 is 6.09 Å². The number of nitrogens with zero attached hydrogens (tertiary/aromatic N) is 1. The lowest BCUT2D eigenvalue weighted by Crippen LogP contribution is -2.57. The van der Waals surface area contributed by atoms with Crippen molar-refractivity contribution in [2.24, 2.45) is 0 Å². The molecule has 0 saturated carbocycles. The number of aliphatic hydroxyl groups excluding tert-OH is 6. The molecule has 0 aliphatic carbocycles. The van der Waals surface area contributed by atoms with Crippen molar-refractivity contribution in [3.63, 3.8) is 0 Å². The van der Waals surface area contributed by atoms with Crippen molar-refractivity contribution >= 4 is 23.8 Å². The smallest absolute Gasteiger partial charge is 0.407 e. The summed E-state index contributed by atoms with van der Waals surface area (Å²) >= 11 is 0. The molecule has 0 aromatic heterocycles. The minimum atomic E-state index is -1.51. The van der Waals surface area contributed by atoms with E-state index < -0.39 is 85.2 Å². The van der Waals surface area contributed by atoms with Gasteiger partial charge in [0.15, 0.2) is 12.6 Å². The third-order valence-electron chi connectivity index (χ3n) is 7.57. The molecule has 2 aliphatic rings. The molecule has 2 saturated heterocycles. The SMILES string of the molecule is CC(C)NC(=O)OCCOCCNC(=O)CN(CC(=O)NCCO[C@@H]1O[C@@H](C)[C@@H](O)[C@@H](O)[C@@H]1O)CC(=O)NCCO[C@@H]1O[C@@H](C)[C@@H](O)[C@@H](O)[C@@H]1O. The fourth-order valence-electron chi connectivity index (χ4n) is 4.81. The molecule has 10 N–H and O–H groups in total. The highest BCUT2D eigenvalue weighted by Gasteiger charge is 2.43. The monoisotopic (exact) mass is 741 g/mol. The van der Waals surface area contributed by atoms with Crippen LogP contribution >= 0.6 is 0 Å². The standard InChI is InChI=1S/C30H55N5O16/c1-16(2)34-30(45)49-12-11-46-8-5-31-19(36)13-35(14-20(37)32-6-9-47-28-26(43)24(41)22(39)17(3)50-28)15-21(38)33-7-10-48-29-27(44)25(42)23(40)18(4)51-29/h16-18,22-29,39-44H,5-15H2,1-4H3,(H,31,36)(H,32,37)(H,33,38)(H,34,45)/t17-,18-,22+,23+,24+,25+,26-,27-,28+,29+/m0/s1. The Labute approximate surface area is 295 Å². The molecule has 0 unspecified atom stereocenters. The molecular formula is C30H55N5O16. The van der Waals surface area contributed by atoms with Crippen LogP contribution in [0.4, 0.5) is 4.79 Å². The Balaban J connectivity index is 1.80. The van der Waals surface area contributed by atoms with Crippen LogP contribution in [0.2, 0.25) is 0 Å². The maximum atomic E-state index is 12.7. The second-order valence-electron chi connectivity index (χ2n) is 12.3. The topological polar surface area (TPSA) is 296 Å². The van der Waals surface area contributed by atoms with Crippen molar-refractivity contribution < 1.29 is 78.2 Å². The molecule has 0 radical (unpaired) electrons. The third-order valence-corrected chi connectivity index (χ3v) is 7.57. The molecule has 21 nitrogen and oxygen atoms in total. The molecule has 0 aromatic rings. The molecule has 2 aliphatic heterocycles. The fraction of sp³-hybridized carbons (Fsp3) is 0.867. The number of nitrogens with one attached hydrogen (secondary N) is 4. The molecule has 296 valence electrons. The maximum Gasteiger partial charge on any atom is 0.407 e. The van der Waals surface area contributed by atoms with E-state index in [0.29, 0.717) is 0 Å². The van der Waals surface area contributed by atoms with E-state index in [-0.39, 0.29) is 78.3 Å². The first kappa shape index (κ1) is 44.4. The molecule has 51 heavy (non-hydrogen) atoms. The molecule has 4 amide bonds. The van der Waals surface area contributed by atoms with E-state index >= 15 is 0 Å². The summed E-state index contributed by atoms with van der Waals surface area (Å²) in [7, 11) is 0. The molecule has 2 rings (SSSR count). The van der Waals surface area contributed by atoms with Crippen LogP contribution in [0.3, 0.4) is 0 Å². The van der Waals surface area contributed by atoms with E-state index in [2.05, 4.69) is 21.3 Å². The van der Waals surface area contributed by atoms with Crippen molar-refractivity contribution in [1.29, 1.82) is 0 Å². The van der Waals surface area contributed by atoms with Gasteiger partial charge in [-0.05, 0) is 27.7 Å². The molecule has 2 heterocycles. The normalized spacial score (nSPS) is 29.4. The van der Waals surface area contributed by atoms with Gasteiger partial charge in [-0.15, -0.1) is 0 Å². The van der Waals surface area contributed by atoms with Crippen LogP contribution < -0.4 is 21.3 Å². The van der Waals surface area contributed by atoms with Gasteiger partial charge in [-0.2, -0.15) is 0 Å². The van der Waals surface area contributed by atoms with Crippen molar-refractivity contribution in [2.75, 3.05) is 72.3 Å². The summed E-state index contributed by atoms with van der Waals surface area (Å²) in [6.07, 6.45) is -13.2. The minimum Gasteiger partial charge on any atom is -0.447 e. The predicted octanol–water partition coefficient (Wildman–Crippen LogP) is -5.52. The van der Waals surface area contributed by atoms with Crippen LogP contribution in [0.1, 0.15) is 27.7 Å². The van der Waals surface area contributed by atoms with Gasteiger partial charge in [-0.3, -0.25) is 19.3 Å². The Morgan fingerprint density at radius 2 is 1.02 bits per heavy atom. The number of hydrogen-bond acceptors (Lipinski definition) is 17. The minimum absolute atomic E-state index is 0.0114. The molecular weight excluding hydrogens is 686 g/mol. The second-order valence-corrected chi connectivity index (χ2v) is 12.3. The first-order valence-corrected chi connectivity index (χ1v) is 16.8. The number of amides is 4. The van der Waals surface area contributed by atoms with Crippen molar-refractivity contribution in [3.8, 4) is 0 Å². The van der Waals surface area contributed by atoms with Gasteiger partial charge in [0.1, 0.15) is 43.2 Å². The van der Waals surface area contributed by atoms with Crippen LogP contribution in [0.25, 0.3) is 0 Å². The zero-order valence-corrected chi connectivity index (χ0v) is 29.3. The number of hydrogen-bond donors (Lipinski definition) is 10. The van der Waals surface area contributed by atoms with Crippen LogP contribution in [-0.4, -0.2) is 199 Å². The van der Waals surface area contributed by atoms with Crippen molar-refractivity contribution in [1.82, 2.24) is 26.2 Å². The summed E-state index contributed by atoms with van der Waals surface area (Å²) in [5.74, 6) is -1.66. The number of carbonyl (C=O) groups is 4. The zero-order chi connectivity index (χ0) is 38.1. The predicted molar refractivity (Wildman–Crippen MR) is 173 cm³/mol. The summed E-state index contributed by atoms with van der Waals surface area (Å²) in [6.45, 7) is 5.39. The molecule has 0 spiro atoms. The largest absolute Gasteiger partial charge is 0.447 e. The van der Waals surface area contributed by atoms with E-state index in [1.807, 2.05) is 0 Å². The highest BCUT2D eigenvalue weighted by atomic mass is 16.7. The number of ether oxygens (including phenoxy) is 6. The highest BCUT2D eigenvalue weighted by Crippen LogP contribution is 2.22. The molecule has 10 atom stereocenters. The lowest BCUT2D eigenvalue weighted by atomic mass is 10.0. The quantitative estimate of drug-likeness (QED) is 0.0491. The van der Waals surface area contributed by atoms with E-state index in [4.69, 9.17) is 28.4 Å². The first-order chi connectivity index (χ1) is 24.1. The van der Waals surface area contributed by atoms with Gasteiger partial charge in [0.25, 0.3) is 0 Å². The highest BCUT2D eigenvalue weighted by molar-refractivity contribution is 5.84. The van der Waals surface area contributed by atoms with Gasteiger partial charge in [0, 0.05) is 25.7 Å². The number of carbonyl (C=O) groups excluding carboxylic acids is 4. The second kappa shape index (κ2) is 23.0. The Hall–Kier alpha value is -2.80. The maximum absolute atomic E-state index is 12.7. The van der Waals surface area contributed by atoms with E-state index in [1.165, 1.54) is 18.7 Å². The molecule has 0 bridgehead atoms. The number of rotatable bonds is 21. The Morgan fingerprint density at radius 1 is 0.608 bits per heavy atom. The average Bonchev–Trinajstić information content (AvgIpc) is 3.06. The van der Waals surface area contributed by atoms with E-state index in [1.54, 1.807) is 13.8 Å². The first-order valence-electron chi connectivity index (χ1n) is 16.8. The lowest BCUT2D eigenvalue weighted by Gasteiger charge is -2.38. The van der Waals surface area contributed by atoms with Gasteiger partial charge in [-0.25, -0.2) is 4.79 Å². The summed E-state index contributed by atoms with van der Waals surface area (Å²) in [6, 6.07) is -0.0751. The fourth-order valence-corrected chi connectivity index (χ4v) is 4.81. The van der Waals surface area contributed by atoms with Crippen molar-refractivity contribution in [3.05, 3.63) is 0 Å². The van der Waals surface area contributed by atoms with Gasteiger partial charge in [-0.1, -0.05) is 0 Å². The summed E-state index contributed by atoms with van der Waals surface area (Å²) in [5.41, 5.74) is 0. The zero-order valence-electron chi connectivity index (χ0n) is 29.3. The Bertz CT molecular complexity index is 1020. The van der Waals surface area contributed by atoms with Crippen LogP contribution in [0.5, 0.6) is 0 Å². The van der Waals surface area contributed by atoms with E-state index in [9.17, 15) is 49.8 Å². The average molecular weight is 742 g/mol. The van der Waals surface area contributed by atoms with Crippen LogP contribution in [0, 0.1) is 0 Å². The van der Waals surface area contributed by atoms with Crippen LogP contribution in [0.15, 0.2) is 0 Å². The summed E-state index contributed by atoms with van der Waals surface area (Å²) in [4.78, 5) is 50.8. The Kier molecular flexibility index (Phi) is 20.0. The van der Waals surface area contributed by atoms with Gasteiger partial charge < -0.3 is 80.3 Å². The van der Waals surface area contributed by atoms with Gasteiger partial charge in [0.05, 0.1) is 58.3 Å². The van der Waals surface area contributed by atoms with Gasteiger partial charge in [0.2, 0.25) is 17.7 Å². The lowest BCUT2D eigenvalue weighted by molar-refractivity contribution is -0.292.